The largest absolute Gasteiger partial charge is 0.481 e. The van der Waals surface area contributed by atoms with Crippen molar-refractivity contribution < 1.29 is 29.0 Å². The number of hydrogen-bond donors (Lipinski definition) is 1. The Morgan fingerprint density at radius 1 is 0.737 bits per heavy atom. The second kappa shape index (κ2) is 15.9. The number of benzene rings is 1. The van der Waals surface area contributed by atoms with Gasteiger partial charge in [-0.25, -0.2) is 0 Å². The summed E-state index contributed by atoms with van der Waals surface area (Å²) in [4.78, 5) is 39.6. The molecule has 1 aromatic rings. The lowest BCUT2D eigenvalue weighted by Crippen LogP contribution is -2.47. The first kappa shape index (κ1) is 33.7. The van der Waals surface area contributed by atoms with Gasteiger partial charge in [-0.2, -0.15) is 0 Å². The van der Waals surface area contributed by atoms with Crippen molar-refractivity contribution in [2.45, 2.75) is 137 Å². The van der Waals surface area contributed by atoms with Gasteiger partial charge in [-0.15, -0.1) is 0 Å². The predicted octanol–water partition coefficient (Wildman–Crippen LogP) is 7.91. The molecule has 0 aromatic heterocycles. The Labute approximate surface area is 230 Å². The summed E-state index contributed by atoms with van der Waals surface area (Å²) in [6, 6.07) is 9.43. The van der Waals surface area contributed by atoms with Crippen LogP contribution in [0.1, 0.15) is 125 Å². The van der Waals surface area contributed by atoms with Crippen molar-refractivity contribution in [1.29, 1.82) is 0 Å². The average molecular weight is 533 g/mol. The number of carboxylic acid groups (broad SMARTS) is 1. The molecule has 0 amide bonds. The summed E-state index contributed by atoms with van der Waals surface area (Å²) in [6.45, 7) is 12.8. The molecule has 0 aliphatic heterocycles. The van der Waals surface area contributed by atoms with Gasteiger partial charge in [0.25, 0.3) is 0 Å². The van der Waals surface area contributed by atoms with Crippen LogP contribution in [0.25, 0.3) is 0 Å². The maximum Gasteiger partial charge on any atom is 0.324 e. The molecule has 6 nitrogen and oxygen atoms in total. The number of rotatable bonds is 17. The van der Waals surface area contributed by atoms with E-state index in [4.69, 9.17) is 9.47 Å². The quantitative estimate of drug-likeness (QED) is 0.125. The van der Waals surface area contributed by atoms with Gasteiger partial charge in [0.1, 0.15) is 11.2 Å². The molecule has 216 valence electrons. The van der Waals surface area contributed by atoms with Crippen LogP contribution in [0.15, 0.2) is 30.3 Å². The van der Waals surface area contributed by atoms with Crippen molar-refractivity contribution in [3.05, 3.63) is 35.9 Å². The van der Waals surface area contributed by atoms with E-state index >= 15 is 0 Å². The number of aliphatic carboxylic acids is 1. The van der Waals surface area contributed by atoms with Gasteiger partial charge in [0.15, 0.2) is 5.41 Å². The maximum atomic E-state index is 13.7. The van der Waals surface area contributed by atoms with Crippen LogP contribution in [0.3, 0.4) is 0 Å². The van der Waals surface area contributed by atoms with Crippen LogP contribution in [0, 0.1) is 11.3 Å². The van der Waals surface area contributed by atoms with E-state index in [1.54, 1.807) is 41.5 Å². The highest BCUT2D eigenvalue weighted by Crippen LogP contribution is 2.38. The van der Waals surface area contributed by atoms with E-state index in [0.29, 0.717) is 12.8 Å². The normalized spacial score (nSPS) is 13.1. The molecular formula is C32H52O6. The van der Waals surface area contributed by atoms with E-state index in [-0.39, 0.29) is 19.3 Å². The zero-order valence-electron chi connectivity index (χ0n) is 24.9. The average Bonchev–Trinajstić information content (AvgIpc) is 2.80. The summed E-state index contributed by atoms with van der Waals surface area (Å²) in [5, 5.41) is 9.98. The second-order valence-corrected chi connectivity index (χ2v) is 12.6. The number of ether oxygens (including phenoxy) is 2. The molecule has 0 spiro atoms. The minimum absolute atomic E-state index is 0.0666. The minimum atomic E-state index is -1.55. The first-order valence-electron chi connectivity index (χ1n) is 14.4. The molecule has 1 rings (SSSR count). The van der Waals surface area contributed by atoms with Crippen LogP contribution >= 0.6 is 0 Å². The molecule has 0 bridgehead atoms. The summed E-state index contributed by atoms with van der Waals surface area (Å²) in [6.07, 6.45) is 9.44. The van der Waals surface area contributed by atoms with Gasteiger partial charge < -0.3 is 14.6 Å². The number of carbonyl (C=O) groups excluding carboxylic acids is 2. The third-order valence-electron chi connectivity index (χ3n) is 6.63. The van der Waals surface area contributed by atoms with E-state index in [1.807, 2.05) is 30.3 Å². The highest BCUT2D eigenvalue weighted by atomic mass is 16.6. The molecule has 0 saturated carbocycles. The highest BCUT2D eigenvalue weighted by molar-refractivity contribution is 6.00. The van der Waals surface area contributed by atoms with Crippen LogP contribution in [0.5, 0.6) is 0 Å². The van der Waals surface area contributed by atoms with Crippen molar-refractivity contribution >= 4 is 17.9 Å². The standard InChI is InChI=1S/C32H52O6/c1-8-9-10-11-12-13-14-18-22-32(28(35)37-30(2,3)4,29(36)38-31(5,6)7)23-21-26(27(33)34)24-25-19-16-15-17-20-25/h15-17,19-20,26H,8-14,18,21-24H2,1-7H3,(H,33,34). The lowest BCUT2D eigenvalue weighted by molar-refractivity contribution is -0.187. The third-order valence-corrected chi connectivity index (χ3v) is 6.63. The Kier molecular flexibility index (Phi) is 14.1. The fourth-order valence-electron chi connectivity index (χ4n) is 4.56. The van der Waals surface area contributed by atoms with Crippen LogP contribution in [0.2, 0.25) is 0 Å². The number of esters is 2. The summed E-state index contributed by atoms with van der Waals surface area (Å²) in [7, 11) is 0. The van der Waals surface area contributed by atoms with Crippen LogP contribution in [-0.2, 0) is 30.3 Å². The molecule has 38 heavy (non-hydrogen) atoms. The first-order valence-corrected chi connectivity index (χ1v) is 14.4. The number of hydrogen-bond acceptors (Lipinski definition) is 5. The van der Waals surface area contributed by atoms with Crippen LogP contribution in [-0.4, -0.2) is 34.2 Å². The Bertz CT molecular complexity index is 819. The molecule has 0 heterocycles. The van der Waals surface area contributed by atoms with Gasteiger partial charge in [0.05, 0.1) is 5.92 Å². The molecule has 1 unspecified atom stereocenters. The fraction of sp³-hybridized carbons (Fsp3) is 0.719. The lowest BCUT2D eigenvalue weighted by atomic mass is 9.75. The van der Waals surface area contributed by atoms with Crippen LogP contribution < -0.4 is 0 Å². The van der Waals surface area contributed by atoms with Crippen LogP contribution in [0.4, 0.5) is 0 Å². The molecular weight excluding hydrogens is 480 g/mol. The highest BCUT2D eigenvalue weighted by Gasteiger charge is 2.50. The Balaban J connectivity index is 3.18. The monoisotopic (exact) mass is 532 g/mol. The topological polar surface area (TPSA) is 89.9 Å². The van der Waals surface area contributed by atoms with Crippen molar-refractivity contribution in [2.24, 2.45) is 11.3 Å². The van der Waals surface area contributed by atoms with Gasteiger partial charge >= 0.3 is 17.9 Å². The summed E-state index contributed by atoms with van der Waals surface area (Å²) in [5.41, 5.74) is -2.23. The molecule has 1 atom stereocenters. The molecule has 0 aliphatic rings. The zero-order valence-corrected chi connectivity index (χ0v) is 24.9. The van der Waals surface area contributed by atoms with Crippen molar-refractivity contribution in [3.63, 3.8) is 0 Å². The summed E-state index contributed by atoms with van der Waals surface area (Å²) >= 11 is 0. The number of carbonyl (C=O) groups is 3. The predicted molar refractivity (Wildman–Crippen MR) is 152 cm³/mol. The Hall–Kier alpha value is -2.37. The third kappa shape index (κ3) is 12.9. The smallest absolute Gasteiger partial charge is 0.324 e. The van der Waals surface area contributed by atoms with E-state index in [9.17, 15) is 19.5 Å². The van der Waals surface area contributed by atoms with Crippen molar-refractivity contribution in [1.82, 2.24) is 0 Å². The number of carboxylic acids is 1. The van der Waals surface area contributed by atoms with E-state index in [0.717, 1.165) is 24.8 Å². The summed E-state index contributed by atoms with van der Waals surface area (Å²) in [5.74, 6) is -2.92. The van der Waals surface area contributed by atoms with Crippen molar-refractivity contribution in [2.75, 3.05) is 0 Å². The molecule has 0 saturated heterocycles. The number of unbranched alkanes of at least 4 members (excludes halogenated alkanes) is 7. The van der Waals surface area contributed by atoms with E-state index in [1.165, 1.54) is 25.7 Å². The van der Waals surface area contributed by atoms with Gasteiger partial charge in [0.2, 0.25) is 0 Å². The molecule has 1 aromatic carbocycles. The molecule has 0 radical (unpaired) electrons. The Morgan fingerprint density at radius 2 is 1.21 bits per heavy atom. The maximum absolute atomic E-state index is 13.7. The molecule has 0 fully saturated rings. The minimum Gasteiger partial charge on any atom is -0.481 e. The molecule has 0 aliphatic carbocycles. The zero-order chi connectivity index (χ0) is 28.8. The second-order valence-electron chi connectivity index (χ2n) is 12.6. The van der Waals surface area contributed by atoms with Gasteiger partial charge in [-0.05, 0) is 72.8 Å². The Morgan fingerprint density at radius 3 is 1.66 bits per heavy atom. The van der Waals surface area contributed by atoms with E-state index < -0.39 is 40.4 Å². The summed E-state index contributed by atoms with van der Waals surface area (Å²) < 4.78 is 11.6. The molecule has 1 N–H and O–H groups in total. The molecule has 6 heteroatoms. The lowest BCUT2D eigenvalue weighted by Gasteiger charge is -2.35. The first-order chi connectivity index (χ1) is 17.7. The van der Waals surface area contributed by atoms with Gasteiger partial charge in [-0.1, -0.05) is 88.6 Å². The fourth-order valence-corrected chi connectivity index (χ4v) is 4.56. The van der Waals surface area contributed by atoms with Gasteiger partial charge in [0, 0.05) is 0 Å². The van der Waals surface area contributed by atoms with Crippen molar-refractivity contribution in [3.8, 4) is 0 Å². The SMILES string of the molecule is CCCCCCCCCCC(CCC(Cc1ccccc1)C(=O)O)(C(=O)OC(C)(C)C)C(=O)OC(C)(C)C. The van der Waals surface area contributed by atoms with Gasteiger partial charge in [-0.3, -0.25) is 14.4 Å². The van der Waals surface area contributed by atoms with E-state index in [2.05, 4.69) is 6.92 Å².